The lowest BCUT2D eigenvalue weighted by molar-refractivity contribution is -0.117. The number of nitrogens with one attached hydrogen (secondary N) is 2. The minimum absolute atomic E-state index is 0.00530. The van der Waals surface area contributed by atoms with E-state index >= 15 is 0 Å². The number of hydrogen-bond acceptors (Lipinski definition) is 5. The number of fused-ring (bicyclic) bond motifs is 1. The van der Waals surface area contributed by atoms with Crippen LogP contribution in [-0.2, 0) is 11.2 Å². The molecule has 2 aromatic carbocycles. The van der Waals surface area contributed by atoms with Crippen LogP contribution in [0.15, 0.2) is 60.3 Å². The van der Waals surface area contributed by atoms with Gasteiger partial charge in [0.2, 0.25) is 6.79 Å². The molecular weight excluding hydrogens is 318 g/mol. The van der Waals surface area contributed by atoms with Crippen LogP contribution in [0, 0.1) is 11.3 Å². The highest BCUT2D eigenvalue weighted by Gasteiger charge is 2.13. The van der Waals surface area contributed by atoms with E-state index in [2.05, 4.69) is 10.6 Å². The molecule has 2 aromatic rings. The average Bonchev–Trinajstić information content (AvgIpc) is 3.11. The Balaban J connectivity index is 1.54. The van der Waals surface area contributed by atoms with Gasteiger partial charge in [0.15, 0.2) is 11.5 Å². The molecule has 1 heterocycles. The van der Waals surface area contributed by atoms with Crippen molar-refractivity contribution in [2.24, 2.45) is 0 Å². The molecule has 3 rings (SSSR count). The third-order valence-electron chi connectivity index (χ3n) is 3.66. The topological polar surface area (TPSA) is 83.4 Å². The summed E-state index contributed by atoms with van der Waals surface area (Å²) < 4.78 is 10.5. The van der Waals surface area contributed by atoms with Gasteiger partial charge in [0, 0.05) is 24.5 Å². The Bertz CT molecular complexity index is 826. The minimum atomic E-state index is -0.410. The van der Waals surface area contributed by atoms with Gasteiger partial charge in [-0.25, -0.2) is 0 Å². The molecule has 0 fully saturated rings. The number of carbonyl (C=O) groups is 1. The highest BCUT2D eigenvalue weighted by molar-refractivity contribution is 5.97. The van der Waals surface area contributed by atoms with Crippen LogP contribution < -0.4 is 20.1 Å². The van der Waals surface area contributed by atoms with E-state index < -0.39 is 5.91 Å². The number of benzene rings is 2. The van der Waals surface area contributed by atoms with E-state index in [1.165, 1.54) is 6.20 Å². The monoisotopic (exact) mass is 335 g/mol. The van der Waals surface area contributed by atoms with E-state index in [1.54, 1.807) is 18.2 Å². The second kappa shape index (κ2) is 7.88. The van der Waals surface area contributed by atoms with Gasteiger partial charge >= 0.3 is 0 Å². The van der Waals surface area contributed by atoms with E-state index in [9.17, 15) is 10.1 Å². The Morgan fingerprint density at radius 1 is 1.16 bits per heavy atom. The van der Waals surface area contributed by atoms with Gasteiger partial charge in [-0.1, -0.05) is 30.3 Å². The lowest BCUT2D eigenvalue weighted by Gasteiger charge is -2.06. The number of rotatable bonds is 6. The number of hydrogen-bond donors (Lipinski definition) is 2. The van der Waals surface area contributed by atoms with Crippen molar-refractivity contribution in [3.05, 3.63) is 65.9 Å². The summed E-state index contributed by atoms with van der Waals surface area (Å²) in [5, 5.41) is 14.9. The summed E-state index contributed by atoms with van der Waals surface area (Å²) in [7, 11) is 0. The molecule has 2 N–H and O–H groups in total. The van der Waals surface area contributed by atoms with E-state index in [4.69, 9.17) is 9.47 Å². The van der Waals surface area contributed by atoms with E-state index in [1.807, 2.05) is 36.4 Å². The molecular formula is C19H17N3O3. The average molecular weight is 335 g/mol. The molecule has 0 spiro atoms. The van der Waals surface area contributed by atoms with Crippen LogP contribution in [0.1, 0.15) is 5.56 Å². The molecule has 0 saturated carbocycles. The maximum absolute atomic E-state index is 12.1. The van der Waals surface area contributed by atoms with Crippen molar-refractivity contribution in [2.75, 3.05) is 18.7 Å². The summed E-state index contributed by atoms with van der Waals surface area (Å²) >= 11 is 0. The van der Waals surface area contributed by atoms with Crippen LogP contribution in [0.4, 0.5) is 5.69 Å². The van der Waals surface area contributed by atoms with Crippen molar-refractivity contribution in [1.82, 2.24) is 5.32 Å². The zero-order chi connectivity index (χ0) is 17.5. The normalized spacial score (nSPS) is 12.4. The van der Waals surface area contributed by atoms with Crippen molar-refractivity contribution < 1.29 is 14.3 Å². The van der Waals surface area contributed by atoms with E-state index in [-0.39, 0.29) is 12.4 Å². The summed E-state index contributed by atoms with van der Waals surface area (Å²) in [5.41, 5.74) is 1.84. The predicted octanol–water partition coefficient (Wildman–Crippen LogP) is 2.59. The van der Waals surface area contributed by atoms with Gasteiger partial charge in [0.05, 0.1) is 0 Å². The predicted molar refractivity (Wildman–Crippen MR) is 93.0 cm³/mol. The second-order valence-corrected chi connectivity index (χ2v) is 5.37. The molecule has 1 aliphatic rings. The van der Waals surface area contributed by atoms with Crippen molar-refractivity contribution in [3.63, 3.8) is 0 Å². The largest absolute Gasteiger partial charge is 0.454 e. The molecule has 0 atom stereocenters. The Kier molecular flexibility index (Phi) is 5.17. The molecule has 0 aliphatic carbocycles. The summed E-state index contributed by atoms with van der Waals surface area (Å²) in [5.74, 6) is 0.893. The second-order valence-electron chi connectivity index (χ2n) is 5.37. The summed E-state index contributed by atoms with van der Waals surface area (Å²) in [6, 6.07) is 17.0. The fraction of sp³-hybridized carbons (Fsp3) is 0.158. The molecule has 0 radical (unpaired) electrons. The first-order valence-corrected chi connectivity index (χ1v) is 7.85. The Morgan fingerprint density at radius 3 is 2.76 bits per heavy atom. The highest BCUT2D eigenvalue weighted by atomic mass is 16.7. The van der Waals surface area contributed by atoms with Crippen LogP contribution >= 0.6 is 0 Å². The van der Waals surface area contributed by atoms with Crippen LogP contribution in [0.3, 0.4) is 0 Å². The van der Waals surface area contributed by atoms with Gasteiger partial charge in [-0.2, -0.15) is 5.26 Å². The van der Waals surface area contributed by atoms with Gasteiger partial charge < -0.3 is 20.1 Å². The number of nitrogens with zero attached hydrogens (tertiary/aromatic N) is 1. The number of anilines is 1. The standard InChI is InChI=1S/C19H17N3O3/c20-11-15(19(23)21-9-8-14-4-2-1-3-5-14)12-22-16-6-7-17-18(10-16)25-13-24-17/h1-7,10,12,22H,8-9,13H2,(H,21,23)/b15-12-. The third-order valence-corrected chi connectivity index (χ3v) is 3.66. The number of amides is 1. The van der Waals surface area contributed by atoms with Crippen molar-refractivity contribution in [1.29, 1.82) is 5.26 Å². The van der Waals surface area contributed by atoms with Gasteiger partial charge in [0.25, 0.3) is 5.91 Å². The third kappa shape index (κ3) is 4.30. The minimum Gasteiger partial charge on any atom is -0.454 e. The van der Waals surface area contributed by atoms with E-state index in [0.717, 1.165) is 5.56 Å². The van der Waals surface area contributed by atoms with Crippen molar-refractivity contribution in [3.8, 4) is 17.6 Å². The molecule has 1 aliphatic heterocycles. The van der Waals surface area contributed by atoms with E-state index in [0.29, 0.717) is 30.2 Å². The molecule has 126 valence electrons. The Hall–Kier alpha value is -3.46. The van der Waals surface area contributed by atoms with Gasteiger partial charge in [-0.05, 0) is 24.1 Å². The zero-order valence-electron chi connectivity index (χ0n) is 13.5. The van der Waals surface area contributed by atoms with Gasteiger partial charge in [0.1, 0.15) is 11.6 Å². The summed E-state index contributed by atoms with van der Waals surface area (Å²) in [6.45, 7) is 0.660. The highest BCUT2D eigenvalue weighted by Crippen LogP contribution is 2.34. The summed E-state index contributed by atoms with van der Waals surface area (Å²) in [6.07, 6.45) is 2.09. The maximum atomic E-state index is 12.1. The van der Waals surface area contributed by atoms with Crippen LogP contribution in [0.5, 0.6) is 11.5 Å². The first kappa shape index (κ1) is 16.4. The lowest BCUT2D eigenvalue weighted by Crippen LogP contribution is -2.27. The van der Waals surface area contributed by atoms with Gasteiger partial charge in [-0.3, -0.25) is 4.79 Å². The van der Waals surface area contributed by atoms with Crippen molar-refractivity contribution >= 4 is 11.6 Å². The first-order valence-electron chi connectivity index (χ1n) is 7.85. The SMILES string of the molecule is N#C/C(=C/Nc1ccc2c(c1)OCO2)C(=O)NCCc1ccccc1. The molecule has 6 heteroatoms. The number of ether oxygens (including phenoxy) is 2. The fourth-order valence-electron chi connectivity index (χ4n) is 2.35. The van der Waals surface area contributed by atoms with Crippen LogP contribution in [0.2, 0.25) is 0 Å². The molecule has 0 bridgehead atoms. The van der Waals surface area contributed by atoms with Crippen molar-refractivity contribution in [2.45, 2.75) is 6.42 Å². The smallest absolute Gasteiger partial charge is 0.263 e. The maximum Gasteiger partial charge on any atom is 0.263 e. The lowest BCUT2D eigenvalue weighted by atomic mass is 10.1. The molecule has 0 aromatic heterocycles. The molecule has 6 nitrogen and oxygen atoms in total. The number of carbonyl (C=O) groups excluding carboxylic acids is 1. The van der Waals surface area contributed by atoms with Crippen LogP contribution in [-0.4, -0.2) is 19.2 Å². The first-order chi connectivity index (χ1) is 12.3. The Morgan fingerprint density at radius 2 is 1.96 bits per heavy atom. The molecule has 0 saturated heterocycles. The van der Waals surface area contributed by atoms with Crippen LogP contribution in [0.25, 0.3) is 0 Å². The van der Waals surface area contributed by atoms with Gasteiger partial charge in [-0.15, -0.1) is 0 Å². The summed E-state index contributed by atoms with van der Waals surface area (Å²) in [4.78, 5) is 12.1. The molecule has 1 amide bonds. The number of nitriles is 1. The fourth-order valence-corrected chi connectivity index (χ4v) is 2.35. The quantitative estimate of drug-likeness (QED) is 0.626. The molecule has 25 heavy (non-hydrogen) atoms. The zero-order valence-corrected chi connectivity index (χ0v) is 13.5. The molecule has 0 unspecified atom stereocenters. The Labute approximate surface area is 145 Å².